The SMILES string of the molecule is CC(C)OCC#CC#CCOC(C)C.CC(C)OCCCCCCOC(C)C.CC(C)OCc1ccc(-c2ccc(COC(C)C)cc2)cc1.CC(C)OCc1ccc(COC(C)C)cc1. The van der Waals surface area contributed by atoms with Crippen molar-refractivity contribution in [2.75, 3.05) is 26.4 Å². The Morgan fingerprint density at radius 2 is 0.515 bits per heavy atom. The lowest BCUT2D eigenvalue weighted by Gasteiger charge is -2.10. The number of rotatable bonds is 26. The van der Waals surface area contributed by atoms with Crippen molar-refractivity contribution in [2.45, 2.75) is 212 Å². The van der Waals surface area contributed by atoms with Gasteiger partial charge in [-0.15, -0.1) is 0 Å². The summed E-state index contributed by atoms with van der Waals surface area (Å²) in [6, 6.07) is 25.5. The van der Waals surface area contributed by atoms with E-state index < -0.39 is 0 Å². The van der Waals surface area contributed by atoms with Crippen molar-refractivity contribution in [1.82, 2.24) is 0 Å². The molecule has 0 radical (unpaired) electrons. The van der Waals surface area contributed by atoms with Gasteiger partial charge in [0.1, 0.15) is 13.2 Å². The normalized spacial score (nSPS) is 11.0. The molecule has 372 valence electrons. The quantitative estimate of drug-likeness (QED) is 0.0582. The number of hydrogen-bond donors (Lipinski definition) is 0. The lowest BCUT2D eigenvalue weighted by molar-refractivity contribution is 0.0639. The van der Waals surface area contributed by atoms with Crippen LogP contribution in [0.25, 0.3) is 11.1 Å². The zero-order chi connectivity index (χ0) is 49.5. The first kappa shape index (κ1) is 62.5. The molecule has 66 heavy (non-hydrogen) atoms. The molecule has 3 aromatic carbocycles. The van der Waals surface area contributed by atoms with Crippen molar-refractivity contribution in [3.63, 3.8) is 0 Å². The average molecular weight is 917 g/mol. The van der Waals surface area contributed by atoms with E-state index in [-0.39, 0.29) is 36.6 Å². The summed E-state index contributed by atoms with van der Waals surface area (Å²) in [5, 5.41) is 0. The number of hydrogen-bond acceptors (Lipinski definition) is 8. The van der Waals surface area contributed by atoms with Crippen LogP contribution in [0.3, 0.4) is 0 Å². The first-order valence-corrected chi connectivity index (χ1v) is 24.5. The van der Waals surface area contributed by atoms with E-state index >= 15 is 0 Å². The second-order valence-corrected chi connectivity index (χ2v) is 18.2. The molecule has 0 aliphatic heterocycles. The lowest BCUT2D eigenvalue weighted by Crippen LogP contribution is -2.05. The molecule has 8 heteroatoms. The fourth-order valence-corrected chi connectivity index (χ4v) is 5.14. The highest BCUT2D eigenvalue weighted by Gasteiger charge is 2.03. The van der Waals surface area contributed by atoms with Crippen LogP contribution in [0.4, 0.5) is 0 Å². The van der Waals surface area contributed by atoms with Gasteiger partial charge in [0.2, 0.25) is 0 Å². The van der Waals surface area contributed by atoms with Gasteiger partial charge in [0.25, 0.3) is 0 Å². The Morgan fingerprint density at radius 1 is 0.288 bits per heavy atom. The molecule has 0 bridgehead atoms. The van der Waals surface area contributed by atoms with Crippen molar-refractivity contribution >= 4 is 0 Å². The maximum Gasteiger partial charge on any atom is 0.109 e. The van der Waals surface area contributed by atoms with Crippen LogP contribution in [0, 0.1) is 23.7 Å². The van der Waals surface area contributed by atoms with Crippen molar-refractivity contribution in [1.29, 1.82) is 0 Å². The lowest BCUT2D eigenvalue weighted by atomic mass is 10.0. The summed E-state index contributed by atoms with van der Waals surface area (Å²) in [5.74, 6) is 11.0. The van der Waals surface area contributed by atoms with Gasteiger partial charge in [-0.2, -0.15) is 0 Å². The zero-order valence-corrected chi connectivity index (χ0v) is 44.3. The van der Waals surface area contributed by atoms with E-state index in [0.29, 0.717) is 51.8 Å². The fraction of sp³-hybridized carbons (Fsp3) is 0.621. The van der Waals surface area contributed by atoms with E-state index in [0.717, 1.165) is 13.2 Å². The van der Waals surface area contributed by atoms with Gasteiger partial charge in [-0.3, -0.25) is 0 Å². The Hall–Kier alpha value is -3.54. The van der Waals surface area contributed by atoms with Crippen molar-refractivity contribution in [3.05, 3.63) is 95.1 Å². The molecule has 0 unspecified atom stereocenters. The third-order valence-corrected chi connectivity index (χ3v) is 8.76. The first-order valence-electron chi connectivity index (χ1n) is 24.5. The van der Waals surface area contributed by atoms with E-state index in [4.69, 9.17) is 37.9 Å². The van der Waals surface area contributed by atoms with E-state index in [9.17, 15) is 0 Å². The van der Waals surface area contributed by atoms with Gasteiger partial charge in [-0.05, 0) is 169 Å². The first-order chi connectivity index (χ1) is 31.4. The predicted molar refractivity (Wildman–Crippen MR) is 276 cm³/mol. The van der Waals surface area contributed by atoms with Gasteiger partial charge in [0.15, 0.2) is 0 Å². The van der Waals surface area contributed by atoms with E-state index in [1.54, 1.807) is 0 Å². The zero-order valence-electron chi connectivity index (χ0n) is 44.3. The Kier molecular flexibility index (Phi) is 38.3. The van der Waals surface area contributed by atoms with Crippen LogP contribution in [0.5, 0.6) is 0 Å². The molecule has 3 rings (SSSR count). The minimum Gasteiger partial charge on any atom is -0.379 e. The molecule has 0 atom stereocenters. The molecule has 0 heterocycles. The molecule has 0 spiro atoms. The van der Waals surface area contributed by atoms with Crippen LogP contribution in [-0.2, 0) is 64.3 Å². The number of unbranched alkanes of at least 4 members (excludes halogenated alkanes) is 3. The number of ether oxygens (including phenoxy) is 8. The molecular weight excluding hydrogens is 825 g/mol. The molecule has 8 nitrogen and oxygen atoms in total. The highest BCUT2D eigenvalue weighted by Crippen LogP contribution is 2.21. The smallest absolute Gasteiger partial charge is 0.109 e. The third-order valence-electron chi connectivity index (χ3n) is 8.76. The summed E-state index contributed by atoms with van der Waals surface area (Å²) < 4.78 is 43.7. The predicted octanol–water partition coefficient (Wildman–Crippen LogP) is 14.0. The minimum atomic E-state index is 0.224. The molecule has 3 aromatic rings. The van der Waals surface area contributed by atoms with Gasteiger partial charge in [0.05, 0.1) is 75.3 Å². The molecule has 0 aliphatic carbocycles. The summed E-state index contributed by atoms with van der Waals surface area (Å²) >= 11 is 0. The van der Waals surface area contributed by atoms with E-state index in [1.807, 2.05) is 55.4 Å². The van der Waals surface area contributed by atoms with Crippen LogP contribution >= 0.6 is 0 Å². The third kappa shape index (κ3) is 40.7. The van der Waals surface area contributed by atoms with Gasteiger partial charge in [-0.25, -0.2) is 0 Å². The Bertz CT molecular complexity index is 1540. The van der Waals surface area contributed by atoms with Crippen LogP contribution < -0.4 is 0 Å². The highest BCUT2D eigenvalue weighted by atomic mass is 16.5. The van der Waals surface area contributed by atoms with Crippen LogP contribution in [0.1, 0.15) is 159 Å². The Balaban J connectivity index is 0.000000873. The summed E-state index contributed by atoms with van der Waals surface area (Å²) in [4.78, 5) is 0. The van der Waals surface area contributed by atoms with Crippen LogP contribution in [0.15, 0.2) is 72.8 Å². The van der Waals surface area contributed by atoms with Crippen molar-refractivity contribution in [2.24, 2.45) is 0 Å². The molecular formula is C58H92O8. The summed E-state index contributed by atoms with van der Waals surface area (Å²) in [6.45, 7) is 38.0. The highest BCUT2D eigenvalue weighted by molar-refractivity contribution is 5.63. The maximum atomic E-state index is 5.62. The topological polar surface area (TPSA) is 73.8 Å². The molecule has 0 amide bonds. The monoisotopic (exact) mass is 917 g/mol. The molecule has 0 aliphatic rings. The fourth-order valence-electron chi connectivity index (χ4n) is 5.14. The van der Waals surface area contributed by atoms with Crippen LogP contribution in [-0.4, -0.2) is 75.3 Å². The summed E-state index contributed by atoms with van der Waals surface area (Å²) in [7, 11) is 0. The maximum absolute atomic E-state index is 5.62. The van der Waals surface area contributed by atoms with Crippen LogP contribution in [0.2, 0.25) is 0 Å². The Morgan fingerprint density at radius 3 is 0.742 bits per heavy atom. The average Bonchev–Trinajstić information content (AvgIpc) is 3.26. The van der Waals surface area contributed by atoms with E-state index in [1.165, 1.54) is 59.1 Å². The van der Waals surface area contributed by atoms with Gasteiger partial charge in [-0.1, -0.05) is 97.5 Å². The molecule has 0 saturated heterocycles. The molecule has 0 aromatic heterocycles. The van der Waals surface area contributed by atoms with Gasteiger partial charge >= 0.3 is 0 Å². The van der Waals surface area contributed by atoms with Gasteiger partial charge < -0.3 is 37.9 Å². The minimum absolute atomic E-state index is 0.224. The largest absolute Gasteiger partial charge is 0.379 e. The van der Waals surface area contributed by atoms with Crippen molar-refractivity contribution < 1.29 is 37.9 Å². The summed E-state index contributed by atoms with van der Waals surface area (Å²) in [5.41, 5.74) is 7.29. The molecule has 0 N–H and O–H groups in total. The summed E-state index contributed by atoms with van der Waals surface area (Å²) in [6.07, 6.45) is 7.16. The second-order valence-electron chi connectivity index (χ2n) is 18.2. The molecule has 0 fully saturated rings. The van der Waals surface area contributed by atoms with E-state index in [2.05, 4.69) is 152 Å². The number of benzene rings is 3. The molecule has 0 saturated carbocycles. The second kappa shape index (κ2) is 40.5. The van der Waals surface area contributed by atoms with Crippen molar-refractivity contribution in [3.8, 4) is 34.8 Å². The van der Waals surface area contributed by atoms with Gasteiger partial charge in [0, 0.05) is 13.2 Å². The Labute approximate surface area is 404 Å². The standard InChI is InChI=1S/C20H26O2.C14H22O2.C12H26O2.C12H18O2/c1-15(2)21-13-17-5-9-19(10-6-17)20-11-7-18(8-12-20)14-22-16(3)4;1-11(2)15-9-13-5-7-14(8-6-13)10-16-12(3)4;2*1-11(2)13-9-7-5-6-8-10-14-12(3)4/h5-12,15-16H,13-14H2,1-4H3;5-8,11-12H,9-10H2,1-4H3;11-12H,5-10H2,1-4H3;11-12H,9-10H2,1-4H3.